The summed E-state index contributed by atoms with van der Waals surface area (Å²) in [6.45, 7) is 9.44. The van der Waals surface area contributed by atoms with Gasteiger partial charge in [0.1, 0.15) is 11.8 Å². The predicted octanol–water partition coefficient (Wildman–Crippen LogP) is 5.23. The lowest BCUT2D eigenvalue weighted by atomic mass is 9.93. The fourth-order valence-electron chi connectivity index (χ4n) is 4.41. The van der Waals surface area contributed by atoms with E-state index >= 15 is 0 Å². The zero-order chi connectivity index (χ0) is 23.2. The molecule has 1 aromatic heterocycles. The molecule has 2 aromatic carbocycles. The summed E-state index contributed by atoms with van der Waals surface area (Å²) in [5.74, 6) is 0.713. The Morgan fingerprint density at radius 2 is 1.91 bits per heavy atom. The van der Waals surface area contributed by atoms with Crippen LogP contribution in [0.4, 0.5) is 0 Å². The van der Waals surface area contributed by atoms with Crippen LogP contribution in [0.1, 0.15) is 50.8 Å². The molecule has 1 spiro atoms. The summed E-state index contributed by atoms with van der Waals surface area (Å²) < 4.78 is 23.8. The Hall–Kier alpha value is -3.21. The van der Waals surface area contributed by atoms with Gasteiger partial charge >= 0.3 is 0 Å². The Kier molecular flexibility index (Phi) is 5.23. The molecule has 0 radical (unpaired) electrons. The Balaban J connectivity index is 1.46. The van der Waals surface area contributed by atoms with Gasteiger partial charge in [0.2, 0.25) is 5.82 Å². The summed E-state index contributed by atoms with van der Waals surface area (Å²) in [4.78, 5) is 4.64. The fraction of sp³-hybridized carbons (Fsp3) is 0.423. The fourth-order valence-corrected chi connectivity index (χ4v) is 4.41. The number of nitriles is 1. The third-order valence-corrected chi connectivity index (χ3v) is 6.06. The van der Waals surface area contributed by atoms with Gasteiger partial charge in [-0.25, -0.2) is 0 Å². The van der Waals surface area contributed by atoms with Crippen molar-refractivity contribution in [3.8, 4) is 34.7 Å². The molecule has 0 unspecified atom stereocenters. The second kappa shape index (κ2) is 7.98. The van der Waals surface area contributed by atoms with Crippen LogP contribution in [0.3, 0.4) is 0 Å². The molecule has 0 amide bonds. The first-order valence-electron chi connectivity index (χ1n) is 11.3. The number of aromatic nitrogens is 2. The molecule has 1 aliphatic carbocycles. The van der Waals surface area contributed by atoms with E-state index in [4.69, 9.17) is 18.7 Å². The highest BCUT2D eigenvalue weighted by atomic mass is 16.7. The molecule has 0 N–H and O–H groups in total. The Labute approximate surface area is 193 Å². The standard InChI is InChI=1S/C26H27N3O4/c1-16(2)32-22-9-8-17(12-18(22)13-27)24-28-23(29-33-24)20-6-5-7-21-19(20)10-11-26(21)30-14-25(3,4)15-31-26/h5-9,12,16H,10-11,14-15H2,1-4H3. The van der Waals surface area contributed by atoms with Gasteiger partial charge in [0, 0.05) is 28.5 Å². The van der Waals surface area contributed by atoms with Crippen LogP contribution in [0.5, 0.6) is 5.75 Å². The second-order valence-corrected chi connectivity index (χ2v) is 9.74. The van der Waals surface area contributed by atoms with E-state index in [0.29, 0.717) is 41.8 Å². The summed E-state index contributed by atoms with van der Waals surface area (Å²) >= 11 is 0. The van der Waals surface area contributed by atoms with Crippen LogP contribution >= 0.6 is 0 Å². The maximum atomic E-state index is 9.52. The summed E-state index contributed by atoms with van der Waals surface area (Å²) in [5.41, 5.74) is 4.19. The van der Waals surface area contributed by atoms with Gasteiger partial charge in [-0.2, -0.15) is 10.2 Å². The highest BCUT2D eigenvalue weighted by Crippen LogP contribution is 2.47. The number of nitrogens with zero attached hydrogens (tertiary/aromatic N) is 3. The van der Waals surface area contributed by atoms with Gasteiger partial charge < -0.3 is 18.7 Å². The number of fused-ring (bicyclic) bond motifs is 2. The number of hydrogen-bond acceptors (Lipinski definition) is 7. The molecule has 7 nitrogen and oxygen atoms in total. The molecular formula is C26H27N3O4. The smallest absolute Gasteiger partial charge is 0.258 e. The largest absolute Gasteiger partial charge is 0.490 e. The number of hydrogen-bond donors (Lipinski definition) is 0. The van der Waals surface area contributed by atoms with Crippen LogP contribution in [0, 0.1) is 16.7 Å². The summed E-state index contributed by atoms with van der Waals surface area (Å²) in [5, 5.41) is 13.8. The van der Waals surface area contributed by atoms with E-state index < -0.39 is 5.79 Å². The summed E-state index contributed by atoms with van der Waals surface area (Å²) in [6, 6.07) is 13.5. The summed E-state index contributed by atoms with van der Waals surface area (Å²) in [6.07, 6.45) is 1.56. The van der Waals surface area contributed by atoms with E-state index in [-0.39, 0.29) is 11.5 Å². The van der Waals surface area contributed by atoms with Gasteiger partial charge in [-0.3, -0.25) is 0 Å². The zero-order valence-corrected chi connectivity index (χ0v) is 19.3. The third kappa shape index (κ3) is 3.90. The lowest BCUT2D eigenvalue weighted by molar-refractivity contribution is -0.306. The highest BCUT2D eigenvalue weighted by Gasteiger charge is 2.47. The molecule has 170 valence electrons. The Morgan fingerprint density at radius 3 is 2.64 bits per heavy atom. The van der Waals surface area contributed by atoms with E-state index in [1.165, 1.54) is 0 Å². The van der Waals surface area contributed by atoms with Crippen molar-refractivity contribution in [3.05, 3.63) is 53.1 Å². The average Bonchev–Trinajstić information content (AvgIpc) is 3.42. The molecule has 0 saturated carbocycles. The number of benzene rings is 2. The SMILES string of the molecule is CC(C)Oc1ccc(-c2nc(-c3cccc4c3CCC43OCC(C)(C)CO3)no2)cc1C#N. The molecule has 7 heteroatoms. The first kappa shape index (κ1) is 21.6. The minimum absolute atomic E-state index is 0.00617. The van der Waals surface area contributed by atoms with Gasteiger partial charge in [0.15, 0.2) is 5.79 Å². The highest BCUT2D eigenvalue weighted by molar-refractivity contribution is 5.67. The van der Waals surface area contributed by atoms with Crippen LogP contribution in [0.15, 0.2) is 40.9 Å². The van der Waals surface area contributed by atoms with Crippen LogP contribution in [0.25, 0.3) is 22.8 Å². The van der Waals surface area contributed by atoms with Crippen molar-refractivity contribution in [2.24, 2.45) is 5.41 Å². The van der Waals surface area contributed by atoms with Gasteiger partial charge in [-0.05, 0) is 44.0 Å². The van der Waals surface area contributed by atoms with Crippen molar-refractivity contribution < 1.29 is 18.7 Å². The minimum Gasteiger partial charge on any atom is -0.490 e. The Bertz CT molecular complexity index is 1230. The van der Waals surface area contributed by atoms with Crippen molar-refractivity contribution in [1.29, 1.82) is 5.26 Å². The van der Waals surface area contributed by atoms with Crippen LogP contribution in [-0.4, -0.2) is 29.5 Å². The van der Waals surface area contributed by atoms with Gasteiger partial charge in [0.25, 0.3) is 5.89 Å². The maximum absolute atomic E-state index is 9.52. The number of rotatable bonds is 4. The van der Waals surface area contributed by atoms with Crippen molar-refractivity contribution in [2.75, 3.05) is 13.2 Å². The van der Waals surface area contributed by atoms with Gasteiger partial charge in [-0.1, -0.05) is 37.2 Å². The zero-order valence-electron chi connectivity index (χ0n) is 19.3. The topological polar surface area (TPSA) is 90.4 Å². The second-order valence-electron chi connectivity index (χ2n) is 9.74. The van der Waals surface area contributed by atoms with Crippen LogP contribution in [0.2, 0.25) is 0 Å². The van der Waals surface area contributed by atoms with Crippen molar-refractivity contribution in [1.82, 2.24) is 10.1 Å². The quantitative estimate of drug-likeness (QED) is 0.543. The molecule has 2 heterocycles. The lowest BCUT2D eigenvalue weighted by Gasteiger charge is -2.42. The predicted molar refractivity (Wildman–Crippen MR) is 121 cm³/mol. The summed E-state index contributed by atoms with van der Waals surface area (Å²) in [7, 11) is 0. The molecule has 1 saturated heterocycles. The Morgan fingerprint density at radius 1 is 1.12 bits per heavy atom. The van der Waals surface area contributed by atoms with Crippen LogP contribution in [-0.2, 0) is 21.7 Å². The average molecular weight is 446 g/mol. The molecule has 0 bridgehead atoms. The van der Waals surface area contributed by atoms with Gasteiger partial charge in [0.05, 0.1) is 24.9 Å². The van der Waals surface area contributed by atoms with E-state index in [9.17, 15) is 5.26 Å². The molecule has 0 atom stereocenters. The normalized spacial score (nSPS) is 18.3. The molecule has 3 aromatic rings. The van der Waals surface area contributed by atoms with Crippen molar-refractivity contribution in [2.45, 2.75) is 52.4 Å². The van der Waals surface area contributed by atoms with E-state index in [2.05, 4.69) is 36.1 Å². The van der Waals surface area contributed by atoms with E-state index in [0.717, 1.165) is 29.5 Å². The third-order valence-electron chi connectivity index (χ3n) is 6.06. The first-order valence-corrected chi connectivity index (χ1v) is 11.3. The maximum Gasteiger partial charge on any atom is 0.258 e. The first-order chi connectivity index (χ1) is 15.8. The molecule has 1 fully saturated rings. The van der Waals surface area contributed by atoms with E-state index in [1.807, 2.05) is 32.0 Å². The van der Waals surface area contributed by atoms with Gasteiger partial charge in [-0.15, -0.1) is 0 Å². The van der Waals surface area contributed by atoms with E-state index in [1.54, 1.807) is 12.1 Å². The van der Waals surface area contributed by atoms with Crippen LogP contribution < -0.4 is 4.74 Å². The molecule has 33 heavy (non-hydrogen) atoms. The molecule has 5 rings (SSSR count). The minimum atomic E-state index is -0.693. The molecule has 1 aliphatic heterocycles. The van der Waals surface area contributed by atoms with Crippen molar-refractivity contribution >= 4 is 0 Å². The number of ether oxygens (including phenoxy) is 3. The van der Waals surface area contributed by atoms with Crippen molar-refractivity contribution in [3.63, 3.8) is 0 Å². The molecule has 2 aliphatic rings. The molecular weight excluding hydrogens is 418 g/mol. The lowest BCUT2D eigenvalue weighted by Crippen LogP contribution is -2.44. The monoisotopic (exact) mass is 445 g/mol.